The Morgan fingerprint density at radius 3 is 2.06 bits per heavy atom. The van der Waals surface area contributed by atoms with Gasteiger partial charge in [-0.2, -0.15) is 0 Å². The smallest absolute Gasteiger partial charge is 0.255 e. The lowest BCUT2D eigenvalue weighted by atomic mass is 9.89. The molecule has 0 bridgehead atoms. The molecule has 1 N–H and O–H groups in total. The Kier molecular flexibility index (Phi) is 9.02. The number of rotatable bonds is 9. The molecular weight excluding hydrogens is 452 g/mol. The molecule has 4 rings (SSSR count). The van der Waals surface area contributed by atoms with Crippen LogP contribution < -0.4 is 5.32 Å². The Labute approximate surface area is 213 Å². The Bertz CT molecular complexity index is 1060. The van der Waals surface area contributed by atoms with Gasteiger partial charge in [0, 0.05) is 18.5 Å². The minimum atomic E-state index is -0.207. The molecule has 1 fully saturated rings. The Morgan fingerprint density at radius 1 is 0.857 bits per heavy atom. The largest absolute Gasteiger partial charge is 0.355 e. The maximum atomic E-state index is 13.7. The molecule has 0 heterocycles. The summed E-state index contributed by atoms with van der Waals surface area (Å²) in [5.74, 6) is 0.880. The maximum absolute atomic E-state index is 13.7. The van der Waals surface area contributed by atoms with Gasteiger partial charge < -0.3 is 10.2 Å². The van der Waals surface area contributed by atoms with E-state index in [1.807, 2.05) is 67.7 Å². The quantitative estimate of drug-likeness (QED) is 0.359. The van der Waals surface area contributed by atoms with E-state index in [4.69, 9.17) is 0 Å². The number of hydrogen-bond acceptors (Lipinski definition) is 3. The lowest BCUT2D eigenvalue weighted by Gasteiger charge is -2.30. The lowest BCUT2D eigenvalue weighted by Crippen LogP contribution is -2.33. The Morgan fingerprint density at radius 2 is 1.43 bits per heavy atom. The van der Waals surface area contributed by atoms with Gasteiger partial charge in [-0.3, -0.25) is 9.59 Å². The molecule has 5 heteroatoms. The highest BCUT2D eigenvalue weighted by Crippen LogP contribution is 2.31. The van der Waals surface area contributed by atoms with Crippen LogP contribution >= 0.6 is 11.8 Å². The van der Waals surface area contributed by atoms with Crippen molar-refractivity contribution in [1.82, 2.24) is 10.2 Å². The molecule has 0 atom stereocenters. The van der Waals surface area contributed by atoms with Crippen molar-refractivity contribution in [3.8, 4) is 0 Å². The van der Waals surface area contributed by atoms with E-state index in [0.29, 0.717) is 17.2 Å². The lowest BCUT2D eigenvalue weighted by molar-refractivity contribution is -0.118. The van der Waals surface area contributed by atoms with Crippen molar-refractivity contribution in [2.45, 2.75) is 43.0 Å². The first kappa shape index (κ1) is 25.1. The fraction of sp³-hybridized carbons (Fsp3) is 0.333. The monoisotopic (exact) mass is 486 g/mol. The van der Waals surface area contributed by atoms with Crippen LogP contribution in [0.25, 0.3) is 0 Å². The van der Waals surface area contributed by atoms with E-state index in [1.54, 1.807) is 4.90 Å². The highest BCUT2D eigenvalue weighted by atomic mass is 32.2. The number of benzene rings is 3. The topological polar surface area (TPSA) is 49.4 Å². The van der Waals surface area contributed by atoms with Crippen LogP contribution in [0.4, 0.5) is 0 Å². The van der Waals surface area contributed by atoms with Crippen LogP contribution in [-0.4, -0.2) is 36.1 Å². The van der Waals surface area contributed by atoms with E-state index < -0.39 is 0 Å². The molecule has 4 nitrogen and oxygen atoms in total. The molecule has 1 aliphatic rings. The van der Waals surface area contributed by atoms with Crippen LogP contribution in [0.1, 0.15) is 59.6 Å². The van der Waals surface area contributed by atoms with Gasteiger partial charge in [0.25, 0.3) is 5.91 Å². The first-order chi connectivity index (χ1) is 17.1. The summed E-state index contributed by atoms with van der Waals surface area (Å²) in [7, 11) is 1.85. The van der Waals surface area contributed by atoms with E-state index in [1.165, 1.54) is 43.9 Å². The van der Waals surface area contributed by atoms with Crippen molar-refractivity contribution >= 4 is 23.6 Å². The van der Waals surface area contributed by atoms with E-state index in [9.17, 15) is 9.59 Å². The highest BCUT2D eigenvalue weighted by Gasteiger charge is 2.26. The van der Waals surface area contributed by atoms with Gasteiger partial charge in [0.1, 0.15) is 0 Å². The van der Waals surface area contributed by atoms with E-state index in [0.717, 1.165) is 22.6 Å². The Hall–Kier alpha value is -3.05. The first-order valence-corrected chi connectivity index (χ1v) is 13.5. The van der Waals surface area contributed by atoms with Gasteiger partial charge in [0.05, 0.1) is 17.4 Å². The van der Waals surface area contributed by atoms with Crippen molar-refractivity contribution in [3.05, 3.63) is 102 Å². The summed E-state index contributed by atoms with van der Waals surface area (Å²) in [4.78, 5) is 28.9. The van der Waals surface area contributed by atoms with Gasteiger partial charge in [-0.15, -0.1) is 11.8 Å². The van der Waals surface area contributed by atoms with Gasteiger partial charge in [0.2, 0.25) is 5.91 Å². The molecule has 3 aromatic rings. The molecule has 2 amide bonds. The van der Waals surface area contributed by atoms with E-state index in [-0.39, 0.29) is 17.9 Å². The standard InChI is InChI=1S/C30H34N2O2S/c1-32(29(24-15-7-3-8-16-24)25-17-9-4-10-18-25)30(34)26-19-11-12-20-27(26)35-22-28(33)31-21-23-13-5-2-6-14-23/h3-4,7-12,15-20,23,29H,2,5-6,13-14,21-22H2,1H3,(H,31,33). The van der Waals surface area contributed by atoms with Crippen LogP contribution in [0.5, 0.6) is 0 Å². The van der Waals surface area contributed by atoms with Crippen LogP contribution in [0.15, 0.2) is 89.8 Å². The van der Waals surface area contributed by atoms with Gasteiger partial charge in [-0.25, -0.2) is 0 Å². The molecule has 0 aliphatic heterocycles. The van der Waals surface area contributed by atoms with Crippen molar-refractivity contribution in [1.29, 1.82) is 0 Å². The predicted molar refractivity (Wildman–Crippen MR) is 144 cm³/mol. The van der Waals surface area contributed by atoms with Crippen molar-refractivity contribution in [2.24, 2.45) is 5.92 Å². The SMILES string of the molecule is CN(C(=O)c1ccccc1SCC(=O)NCC1CCCCC1)C(c1ccccc1)c1ccccc1. The number of amides is 2. The molecular formula is C30H34N2O2S. The fourth-order valence-electron chi connectivity index (χ4n) is 4.83. The summed E-state index contributed by atoms with van der Waals surface area (Å²) in [5, 5.41) is 3.10. The molecule has 0 radical (unpaired) electrons. The molecule has 0 unspecified atom stereocenters. The van der Waals surface area contributed by atoms with Gasteiger partial charge in [-0.1, -0.05) is 92.1 Å². The maximum Gasteiger partial charge on any atom is 0.255 e. The summed E-state index contributed by atoms with van der Waals surface area (Å²) in [6.07, 6.45) is 6.27. The first-order valence-electron chi connectivity index (χ1n) is 12.5. The third-order valence-electron chi connectivity index (χ3n) is 6.73. The predicted octanol–water partition coefficient (Wildman–Crippen LogP) is 6.34. The molecule has 0 aromatic heterocycles. The van der Waals surface area contributed by atoms with Crippen molar-refractivity contribution in [2.75, 3.05) is 19.3 Å². The van der Waals surface area contributed by atoms with Crippen LogP contribution in [0.3, 0.4) is 0 Å². The molecule has 3 aromatic carbocycles. The van der Waals surface area contributed by atoms with Crippen molar-refractivity contribution in [3.63, 3.8) is 0 Å². The molecule has 35 heavy (non-hydrogen) atoms. The zero-order chi connectivity index (χ0) is 24.5. The highest BCUT2D eigenvalue weighted by molar-refractivity contribution is 8.00. The zero-order valence-electron chi connectivity index (χ0n) is 20.4. The molecule has 0 saturated heterocycles. The minimum Gasteiger partial charge on any atom is -0.355 e. The third-order valence-corrected chi connectivity index (χ3v) is 7.80. The molecule has 1 aliphatic carbocycles. The summed E-state index contributed by atoms with van der Waals surface area (Å²) < 4.78 is 0. The summed E-state index contributed by atoms with van der Waals surface area (Å²) in [6.45, 7) is 0.762. The molecule has 0 spiro atoms. The number of nitrogens with zero attached hydrogens (tertiary/aromatic N) is 1. The number of hydrogen-bond donors (Lipinski definition) is 1. The third kappa shape index (κ3) is 6.76. The van der Waals surface area contributed by atoms with E-state index >= 15 is 0 Å². The fourth-order valence-corrected chi connectivity index (χ4v) is 5.70. The number of carbonyl (C=O) groups is 2. The van der Waals surface area contributed by atoms with Crippen LogP contribution in [0, 0.1) is 5.92 Å². The second-order valence-electron chi connectivity index (χ2n) is 9.23. The van der Waals surface area contributed by atoms with Gasteiger partial charge in [-0.05, 0) is 42.0 Å². The second-order valence-corrected chi connectivity index (χ2v) is 10.3. The summed E-state index contributed by atoms with van der Waals surface area (Å²) in [6, 6.07) is 27.6. The average Bonchev–Trinajstić information content (AvgIpc) is 2.92. The summed E-state index contributed by atoms with van der Waals surface area (Å²) >= 11 is 1.43. The number of nitrogens with one attached hydrogen (secondary N) is 1. The zero-order valence-corrected chi connectivity index (χ0v) is 21.2. The Balaban J connectivity index is 1.46. The molecule has 182 valence electrons. The van der Waals surface area contributed by atoms with Gasteiger partial charge in [0.15, 0.2) is 0 Å². The van der Waals surface area contributed by atoms with Crippen molar-refractivity contribution < 1.29 is 9.59 Å². The average molecular weight is 487 g/mol. The number of thioether (sulfide) groups is 1. The second kappa shape index (κ2) is 12.6. The number of carbonyl (C=O) groups excluding carboxylic acids is 2. The normalized spacial score (nSPS) is 14.0. The van der Waals surface area contributed by atoms with Crippen LogP contribution in [-0.2, 0) is 4.79 Å². The summed E-state index contributed by atoms with van der Waals surface area (Å²) in [5.41, 5.74) is 2.74. The van der Waals surface area contributed by atoms with Gasteiger partial charge >= 0.3 is 0 Å². The van der Waals surface area contributed by atoms with Crippen LogP contribution in [0.2, 0.25) is 0 Å². The minimum absolute atomic E-state index is 0.0302. The molecule has 1 saturated carbocycles. The van der Waals surface area contributed by atoms with E-state index in [2.05, 4.69) is 29.6 Å².